The molecule has 2 aromatic carbocycles. The number of nitrogens with one attached hydrogen (secondary N) is 1. The number of aromatic nitrogens is 4. The highest BCUT2D eigenvalue weighted by Crippen LogP contribution is 2.18. The van der Waals surface area contributed by atoms with Crippen molar-refractivity contribution in [2.45, 2.75) is 6.54 Å². The topological polar surface area (TPSA) is 102 Å². The van der Waals surface area contributed by atoms with Crippen molar-refractivity contribution in [1.82, 2.24) is 20.2 Å². The van der Waals surface area contributed by atoms with Gasteiger partial charge in [-0.2, -0.15) is 4.80 Å². The Morgan fingerprint density at radius 3 is 2.57 bits per heavy atom. The van der Waals surface area contributed by atoms with E-state index >= 15 is 0 Å². The van der Waals surface area contributed by atoms with Crippen LogP contribution in [0.1, 0.15) is 10.4 Å². The first kappa shape index (κ1) is 19.0. The standard InChI is InChI=1S/C19H20N6O3/c1-24(2)16-9-7-13(8-10-16)18-21-23-25(22-18)12-17(26)20-15-6-4-5-14(11-15)19(27)28-3/h4-11H,12H2,1-3H3,(H,20,26). The first-order chi connectivity index (χ1) is 13.5. The van der Waals surface area contributed by atoms with Gasteiger partial charge in [-0.1, -0.05) is 6.07 Å². The minimum absolute atomic E-state index is 0.106. The van der Waals surface area contributed by atoms with Crippen LogP contribution in [-0.4, -0.2) is 53.3 Å². The van der Waals surface area contributed by atoms with E-state index in [1.165, 1.54) is 18.0 Å². The summed E-state index contributed by atoms with van der Waals surface area (Å²) in [5, 5.41) is 14.9. The normalized spacial score (nSPS) is 10.4. The van der Waals surface area contributed by atoms with Gasteiger partial charge in [-0.25, -0.2) is 4.79 Å². The van der Waals surface area contributed by atoms with Crippen molar-refractivity contribution in [1.29, 1.82) is 0 Å². The lowest BCUT2D eigenvalue weighted by Crippen LogP contribution is -2.20. The van der Waals surface area contributed by atoms with Crippen molar-refractivity contribution >= 4 is 23.3 Å². The second kappa shape index (κ2) is 8.30. The fraction of sp³-hybridized carbons (Fsp3) is 0.211. The SMILES string of the molecule is COC(=O)c1cccc(NC(=O)Cn2nnc(-c3ccc(N(C)C)cc3)n2)c1. The van der Waals surface area contributed by atoms with Gasteiger partial charge < -0.3 is 15.0 Å². The molecule has 0 fully saturated rings. The van der Waals surface area contributed by atoms with Crippen molar-refractivity contribution in [3.63, 3.8) is 0 Å². The van der Waals surface area contributed by atoms with Crippen LogP contribution < -0.4 is 10.2 Å². The van der Waals surface area contributed by atoms with E-state index in [-0.39, 0.29) is 12.5 Å². The Balaban J connectivity index is 1.65. The molecule has 28 heavy (non-hydrogen) atoms. The van der Waals surface area contributed by atoms with Gasteiger partial charge in [0.15, 0.2) is 0 Å². The summed E-state index contributed by atoms with van der Waals surface area (Å²) in [6.45, 7) is -0.106. The number of hydrogen-bond acceptors (Lipinski definition) is 7. The van der Waals surface area contributed by atoms with Crippen LogP contribution in [0, 0.1) is 0 Å². The molecule has 0 unspecified atom stereocenters. The van der Waals surface area contributed by atoms with Crippen LogP contribution in [0.15, 0.2) is 48.5 Å². The highest BCUT2D eigenvalue weighted by Gasteiger charge is 2.11. The number of benzene rings is 2. The molecular weight excluding hydrogens is 360 g/mol. The number of hydrogen-bond donors (Lipinski definition) is 1. The number of esters is 1. The zero-order chi connectivity index (χ0) is 20.1. The van der Waals surface area contributed by atoms with Gasteiger partial charge in [-0.05, 0) is 47.7 Å². The van der Waals surface area contributed by atoms with Gasteiger partial charge in [0, 0.05) is 31.0 Å². The highest BCUT2D eigenvalue weighted by atomic mass is 16.5. The van der Waals surface area contributed by atoms with Gasteiger partial charge in [0.25, 0.3) is 0 Å². The number of carbonyl (C=O) groups excluding carboxylic acids is 2. The van der Waals surface area contributed by atoms with E-state index in [1.54, 1.807) is 18.2 Å². The maximum atomic E-state index is 12.2. The molecule has 0 radical (unpaired) electrons. The van der Waals surface area contributed by atoms with Gasteiger partial charge in [-0.15, -0.1) is 10.2 Å². The molecular formula is C19H20N6O3. The second-order valence-electron chi connectivity index (χ2n) is 6.21. The van der Waals surface area contributed by atoms with Gasteiger partial charge in [0.05, 0.1) is 12.7 Å². The zero-order valence-electron chi connectivity index (χ0n) is 15.8. The predicted molar refractivity (Wildman–Crippen MR) is 104 cm³/mol. The smallest absolute Gasteiger partial charge is 0.337 e. The van der Waals surface area contributed by atoms with E-state index in [4.69, 9.17) is 0 Å². The van der Waals surface area contributed by atoms with Crippen molar-refractivity contribution in [3.8, 4) is 11.4 Å². The lowest BCUT2D eigenvalue weighted by Gasteiger charge is -2.11. The van der Waals surface area contributed by atoms with Gasteiger partial charge in [-0.3, -0.25) is 4.79 Å². The van der Waals surface area contributed by atoms with E-state index < -0.39 is 5.97 Å². The average molecular weight is 380 g/mol. The first-order valence-electron chi connectivity index (χ1n) is 8.50. The van der Waals surface area contributed by atoms with Crippen LogP contribution in [-0.2, 0) is 16.1 Å². The highest BCUT2D eigenvalue weighted by molar-refractivity contribution is 5.94. The molecule has 0 saturated carbocycles. The Labute approximate surface area is 161 Å². The molecule has 0 bridgehead atoms. The van der Waals surface area contributed by atoms with Crippen LogP contribution in [0.25, 0.3) is 11.4 Å². The number of methoxy groups -OCH3 is 1. The van der Waals surface area contributed by atoms with Crippen molar-refractivity contribution in [2.24, 2.45) is 0 Å². The molecule has 1 heterocycles. The molecule has 144 valence electrons. The monoisotopic (exact) mass is 380 g/mol. The molecule has 9 nitrogen and oxygen atoms in total. The summed E-state index contributed by atoms with van der Waals surface area (Å²) >= 11 is 0. The fourth-order valence-electron chi connectivity index (χ4n) is 2.51. The van der Waals surface area contributed by atoms with Crippen LogP contribution in [0.3, 0.4) is 0 Å². The zero-order valence-corrected chi connectivity index (χ0v) is 15.8. The van der Waals surface area contributed by atoms with Crippen LogP contribution in [0.2, 0.25) is 0 Å². The summed E-state index contributed by atoms with van der Waals surface area (Å²) in [7, 11) is 5.22. The third kappa shape index (κ3) is 4.50. The third-order valence-electron chi connectivity index (χ3n) is 3.95. The minimum atomic E-state index is -0.473. The fourth-order valence-corrected chi connectivity index (χ4v) is 2.51. The number of tetrazole rings is 1. The molecule has 0 spiro atoms. The van der Waals surface area contributed by atoms with Crippen molar-refractivity contribution in [2.75, 3.05) is 31.4 Å². The van der Waals surface area contributed by atoms with E-state index in [0.29, 0.717) is 17.1 Å². The molecule has 9 heteroatoms. The number of amides is 1. The Hall–Kier alpha value is -3.75. The Bertz CT molecular complexity index is 981. The molecule has 3 rings (SSSR count). The number of rotatable bonds is 6. The molecule has 1 N–H and O–H groups in total. The van der Waals surface area contributed by atoms with E-state index in [1.807, 2.05) is 43.3 Å². The number of nitrogens with zero attached hydrogens (tertiary/aromatic N) is 5. The van der Waals surface area contributed by atoms with Crippen molar-refractivity contribution in [3.05, 3.63) is 54.1 Å². The van der Waals surface area contributed by atoms with E-state index in [0.717, 1.165) is 11.3 Å². The maximum absolute atomic E-state index is 12.2. The van der Waals surface area contributed by atoms with Gasteiger partial charge >= 0.3 is 5.97 Å². The van der Waals surface area contributed by atoms with Gasteiger partial charge in [0.2, 0.25) is 11.7 Å². The lowest BCUT2D eigenvalue weighted by molar-refractivity contribution is -0.117. The molecule has 1 aromatic heterocycles. The molecule has 1 amide bonds. The second-order valence-corrected chi connectivity index (χ2v) is 6.21. The average Bonchev–Trinajstić information content (AvgIpc) is 3.15. The summed E-state index contributed by atoms with van der Waals surface area (Å²) in [5.74, 6) is -0.376. The van der Waals surface area contributed by atoms with Crippen LogP contribution >= 0.6 is 0 Å². The molecule has 0 atom stereocenters. The predicted octanol–water partition coefficient (Wildman–Crippen LogP) is 1.83. The summed E-state index contributed by atoms with van der Waals surface area (Å²) in [6.07, 6.45) is 0. The number of anilines is 2. The molecule has 0 aliphatic carbocycles. The Morgan fingerprint density at radius 2 is 1.89 bits per heavy atom. The van der Waals surface area contributed by atoms with E-state index in [9.17, 15) is 9.59 Å². The molecule has 3 aromatic rings. The van der Waals surface area contributed by atoms with Crippen molar-refractivity contribution < 1.29 is 14.3 Å². The quantitative estimate of drug-likeness (QED) is 0.651. The van der Waals surface area contributed by atoms with Crippen LogP contribution in [0.4, 0.5) is 11.4 Å². The number of ether oxygens (including phenoxy) is 1. The minimum Gasteiger partial charge on any atom is -0.465 e. The largest absolute Gasteiger partial charge is 0.465 e. The first-order valence-corrected chi connectivity index (χ1v) is 8.50. The summed E-state index contributed by atoms with van der Waals surface area (Å²) < 4.78 is 4.67. The molecule has 0 saturated heterocycles. The van der Waals surface area contributed by atoms with Gasteiger partial charge in [0.1, 0.15) is 6.54 Å². The van der Waals surface area contributed by atoms with E-state index in [2.05, 4.69) is 25.5 Å². The Kier molecular flexibility index (Phi) is 5.64. The maximum Gasteiger partial charge on any atom is 0.337 e. The number of carbonyl (C=O) groups is 2. The molecule has 0 aliphatic heterocycles. The Morgan fingerprint density at radius 1 is 1.14 bits per heavy atom. The lowest BCUT2D eigenvalue weighted by atomic mass is 10.2. The molecule has 0 aliphatic rings. The summed E-state index contributed by atoms with van der Waals surface area (Å²) in [5.41, 5.74) is 2.70. The summed E-state index contributed by atoms with van der Waals surface area (Å²) in [6, 6.07) is 14.2. The summed E-state index contributed by atoms with van der Waals surface area (Å²) in [4.78, 5) is 27.0. The third-order valence-corrected chi connectivity index (χ3v) is 3.95. The van der Waals surface area contributed by atoms with Crippen LogP contribution in [0.5, 0.6) is 0 Å².